The van der Waals surface area contributed by atoms with E-state index in [-0.39, 0.29) is 6.09 Å². The predicted molar refractivity (Wildman–Crippen MR) is 84.1 cm³/mol. The molecular formula is C17H26N2O2. The first kappa shape index (κ1) is 15.8. The van der Waals surface area contributed by atoms with Crippen molar-refractivity contribution in [2.45, 2.75) is 44.8 Å². The second kappa shape index (κ2) is 8.67. The Morgan fingerprint density at radius 2 is 2.14 bits per heavy atom. The molecule has 0 aliphatic carbocycles. The standard InChI is InChI=1S/C17H26N2O2/c1-18-12-7-11-16-10-5-6-13-19(16)17(20)21-14-15-8-3-2-4-9-15/h2-4,8-9,16,18H,5-7,10-14H2,1H3/t16-/m0/s1. The second-order valence-corrected chi connectivity index (χ2v) is 5.63. The normalized spacial score (nSPS) is 18.5. The molecule has 0 saturated carbocycles. The zero-order valence-corrected chi connectivity index (χ0v) is 12.9. The van der Waals surface area contributed by atoms with Crippen LogP contribution in [0.2, 0.25) is 0 Å². The lowest BCUT2D eigenvalue weighted by atomic mass is 9.98. The second-order valence-electron chi connectivity index (χ2n) is 5.63. The van der Waals surface area contributed by atoms with Crippen LogP contribution in [0.5, 0.6) is 0 Å². The van der Waals surface area contributed by atoms with Crippen molar-refractivity contribution in [3.8, 4) is 0 Å². The average Bonchev–Trinajstić information content (AvgIpc) is 2.54. The molecule has 1 aromatic carbocycles. The van der Waals surface area contributed by atoms with E-state index in [2.05, 4.69) is 5.32 Å². The Labute approximate surface area is 127 Å². The molecule has 4 heteroatoms. The van der Waals surface area contributed by atoms with Crippen molar-refractivity contribution in [1.29, 1.82) is 0 Å². The van der Waals surface area contributed by atoms with Crippen LogP contribution >= 0.6 is 0 Å². The van der Waals surface area contributed by atoms with Crippen molar-refractivity contribution in [1.82, 2.24) is 10.2 Å². The van der Waals surface area contributed by atoms with E-state index in [4.69, 9.17) is 4.74 Å². The van der Waals surface area contributed by atoms with Gasteiger partial charge in [0.25, 0.3) is 0 Å². The molecule has 21 heavy (non-hydrogen) atoms. The minimum atomic E-state index is -0.159. The van der Waals surface area contributed by atoms with Crippen LogP contribution in [0, 0.1) is 0 Å². The summed E-state index contributed by atoms with van der Waals surface area (Å²) < 4.78 is 5.48. The molecule has 1 heterocycles. The van der Waals surface area contributed by atoms with Gasteiger partial charge in [0.1, 0.15) is 6.61 Å². The molecule has 0 spiro atoms. The highest BCUT2D eigenvalue weighted by atomic mass is 16.6. The van der Waals surface area contributed by atoms with Crippen LogP contribution in [-0.4, -0.2) is 37.2 Å². The molecule has 1 fully saturated rings. The molecule has 1 amide bonds. The number of piperidine rings is 1. The molecule has 1 aromatic rings. The molecule has 0 aromatic heterocycles. The number of nitrogens with one attached hydrogen (secondary N) is 1. The summed E-state index contributed by atoms with van der Waals surface area (Å²) in [7, 11) is 1.97. The van der Waals surface area contributed by atoms with Gasteiger partial charge in [0.2, 0.25) is 0 Å². The van der Waals surface area contributed by atoms with Gasteiger partial charge in [-0.05, 0) is 51.3 Å². The van der Waals surface area contributed by atoms with Crippen LogP contribution < -0.4 is 5.32 Å². The van der Waals surface area contributed by atoms with Gasteiger partial charge in [0.15, 0.2) is 0 Å². The van der Waals surface area contributed by atoms with Crippen molar-refractivity contribution in [2.24, 2.45) is 0 Å². The fourth-order valence-electron chi connectivity index (χ4n) is 2.86. The lowest BCUT2D eigenvalue weighted by Gasteiger charge is -2.35. The van der Waals surface area contributed by atoms with Gasteiger partial charge in [-0.1, -0.05) is 30.3 Å². The first-order valence-electron chi connectivity index (χ1n) is 7.93. The Morgan fingerprint density at radius 3 is 2.90 bits per heavy atom. The van der Waals surface area contributed by atoms with E-state index in [1.807, 2.05) is 42.3 Å². The highest BCUT2D eigenvalue weighted by molar-refractivity contribution is 5.68. The topological polar surface area (TPSA) is 41.6 Å². The number of nitrogens with zero attached hydrogens (tertiary/aromatic N) is 1. The van der Waals surface area contributed by atoms with Gasteiger partial charge in [-0.25, -0.2) is 4.79 Å². The summed E-state index contributed by atoms with van der Waals surface area (Å²) in [5, 5.41) is 3.16. The molecule has 116 valence electrons. The van der Waals surface area contributed by atoms with Crippen molar-refractivity contribution in [2.75, 3.05) is 20.1 Å². The van der Waals surface area contributed by atoms with Gasteiger partial charge in [-0.15, -0.1) is 0 Å². The minimum absolute atomic E-state index is 0.159. The number of likely N-dealkylation sites (tertiary alicyclic amines) is 1. The van der Waals surface area contributed by atoms with Gasteiger partial charge in [0.05, 0.1) is 0 Å². The van der Waals surface area contributed by atoms with E-state index in [1.54, 1.807) is 0 Å². The maximum atomic E-state index is 12.3. The Kier molecular flexibility index (Phi) is 6.54. The highest BCUT2D eigenvalue weighted by Crippen LogP contribution is 2.22. The molecule has 1 N–H and O–H groups in total. The van der Waals surface area contributed by atoms with E-state index in [1.165, 1.54) is 6.42 Å². The monoisotopic (exact) mass is 290 g/mol. The first-order chi connectivity index (χ1) is 10.3. The molecule has 0 radical (unpaired) electrons. The quantitative estimate of drug-likeness (QED) is 0.818. The molecule has 4 nitrogen and oxygen atoms in total. The Morgan fingerprint density at radius 1 is 1.33 bits per heavy atom. The maximum Gasteiger partial charge on any atom is 0.410 e. The molecule has 2 rings (SSSR count). The summed E-state index contributed by atoms with van der Waals surface area (Å²) >= 11 is 0. The van der Waals surface area contributed by atoms with Gasteiger partial charge in [-0.3, -0.25) is 0 Å². The lowest BCUT2D eigenvalue weighted by molar-refractivity contribution is 0.0656. The zero-order valence-electron chi connectivity index (χ0n) is 12.9. The summed E-state index contributed by atoms with van der Waals surface area (Å²) in [4.78, 5) is 14.2. The fraction of sp³-hybridized carbons (Fsp3) is 0.588. The molecule has 0 bridgehead atoms. The summed E-state index contributed by atoms with van der Waals surface area (Å²) in [6.45, 7) is 2.20. The number of rotatable bonds is 6. The van der Waals surface area contributed by atoms with Crippen molar-refractivity contribution >= 4 is 6.09 Å². The summed E-state index contributed by atoms with van der Waals surface area (Å²) in [6.07, 6.45) is 5.40. The number of hydrogen-bond donors (Lipinski definition) is 1. The maximum absolute atomic E-state index is 12.3. The van der Waals surface area contributed by atoms with Crippen molar-refractivity contribution in [3.05, 3.63) is 35.9 Å². The number of hydrogen-bond acceptors (Lipinski definition) is 3. The molecule has 1 aliphatic heterocycles. The Hall–Kier alpha value is -1.55. The van der Waals surface area contributed by atoms with Gasteiger partial charge in [-0.2, -0.15) is 0 Å². The SMILES string of the molecule is CNCCC[C@@H]1CCCCN1C(=O)OCc1ccccc1. The number of ether oxygens (including phenoxy) is 1. The van der Waals surface area contributed by atoms with Crippen LogP contribution in [0.1, 0.15) is 37.7 Å². The number of benzene rings is 1. The largest absolute Gasteiger partial charge is 0.445 e. The summed E-state index contributed by atoms with van der Waals surface area (Å²) in [5.74, 6) is 0. The van der Waals surface area contributed by atoms with E-state index in [0.29, 0.717) is 12.6 Å². The lowest BCUT2D eigenvalue weighted by Crippen LogP contribution is -2.44. The van der Waals surface area contributed by atoms with Crippen molar-refractivity contribution in [3.63, 3.8) is 0 Å². The molecule has 1 saturated heterocycles. The number of carbonyl (C=O) groups excluding carboxylic acids is 1. The summed E-state index contributed by atoms with van der Waals surface area (Å²) in [6, 6.07) is 10.2. The van der Waals surface area contributed by atoms with E-state index >= 15 is 0 Å². The molecule has 0 unspecified atom stereocenters. The Bertz CT molecular complexity index is 422. The highest BCUT2D eigenvalue weighted by Gasteiger charge is 2.27. The number of amides is 1. The van der Waals surface area contributed by atoms with Gasteiger partial charge >= 0.3 is 6.09 Å². The third-order valence-electron chi connectivity index (χ3n) is 4.03. The minimum Gasteiger partial charge on any atom is -0.445 e. The van der Waals surface area contributed by atoms with Crippen LogP contribution in [0.4, 0.5) is 4.79 Å². The average molecular weight is 290 g/mol. The third-order valence-corrected chi connectivity index (χ3v) is 4.03. The zero-order chi connectivity index (χ0) is 14.9. The molecule has 1 atom stereocenters. The molecule has 1 aliphatic rings. The predicted octanol–water partition coefficient (Wildman–Crippen LogP) is 3.18. The first-order valence-corrected chi connectivity index (χ1v) is 7.93. The van der Waals surface area contributed by atoms with E-state index in [0.717, 1.165) is 44.3 Å². The smallest absolute Gasteiger partial charge is 0.410 e. The van der Waals surface area contributed by atoms with Crippen LogP contribution in [0.15, 0.2) is 30.3 Å². The van der Waals surface area contributed by atoms with Crippen LogP contribution in [0.3, 0.4) is 0 Å². The van der Waals surface area contributed by atoms with Gasteiger partial charge in [0, 0.05) is 12.6 Å². The van der Waals surface area contributed by atoms with Crippen LogP contribution in [0.25, 0.3) is 0 Å². The van der Waals surface area contributed by atoms with Crippen molar-refractivity contribution < 1.29 is 9.53 Å². The van der Waals surface area contributed by atoms with Crippen LogP contribution in [-0.2, 0) is 11.3 Å². The molecular weight excluding hydrogens is 264 g/mol. The fourth-order valence-corrected chi connectivity index (χ4v) is 2.86. The van der Waals surface area contributed by atoms with E-state index < -0.39 is 0 Å². The van der Waals surface area contributed by atoms with E-state index in [9.17, 15) is 4.79 Å². The number of carbonyl (C=O) groups is 1. The Balaban J connectivity index is 1.83. The third kappa shape index (κ3) is 5.05. The summed E-state index contributed by atoms with van der Waals surface area (Å²) in [5.41, 5.74) is 1.04. The van der Waals surface area contributed by atoms with Gasteiger partial charge < -0.3 is 15.0 Å².